The van der Waals surface area contributed by atoms with Crippen LogP contribution in [0.25, 0.3) is 0 Å². The fraction of sp³-hybridized carbons (Fsp3) is 0.506. The van der Waals surface area contributed by atoms with Crippen molar-refractivity contribution in [1.82, 2.24) is 29.4 Å². The van der Waals surface area contributed by atoms with Gasteiger partial charge in [-0.05, 0) is 254 Å². The van der Waals surface area contributed by atoms with Crippen LogP contribution < -0.4 is 86.7 Å². The predicted molar refractivity (Wildman–Crippen MR) is 480 cm³/mol. The summed E-state index contributed by atoms with van der Waals surface area (Å²) in [5, 5.41) is 63.3. The maximum atomic E-state index is 13.2. The Morgan fingerprint density at radius 3 is 1.19 bits per heavy atom. The van der Waals surface area contributed by atoms with Gasteiger partial charge in [0, 0.05) is 124 Å². The van der Waals surface area contributed by atoms with Crippen LogP contribution >= 0.6 is 70.4 Å². The standard InChI is InChI=1S/C24H31ClFN3O2.C24H29ClFN3O.C20H29N3O3.C9H8ClFO.C4H6O4.C4H10O.C2H3BO2.CH2Cl2.CH4.ClH.K.Na.H2O/c1-28(2)15-20-16-29(11-4-6-17-8-9-21(26)14-22(17)25)12-10-24(20,31)19-7-3-5-18(13-19)23(27)30;1-28(2)16-21-17-29(11-4-6-19-8-9-22(26)14-23(19)25)12-10-24(21,30)20-7-3-5-18(13-20)15-27;1-19(2,3)26-18(24)23-10-9-20(25,17(14-23)13-22(4)5)16-8-6-7-15(11-16)12-21;10-9-6-8(11)4-3-7(9)2-1-5-12;1-3(5)7-8-4(2)6;1-4(2,3)5;1-2(4)5-3;2-1-3;;;;;/h3,5,7-9,13-14,20,31H,4,6,10-12,15-16H2,1-2H3,(H2,27,30);3,5,7-9,13-14,21,30H,4,6,10-12,16-17H2,1-2H3;6-8,11,17,25H,9-10,13-14H2,1-5H3;3-6H,1-2H2;1-2H3;5H,1-3H3;1H3;1H2;1H4;1H;;;1H2/q;;;;;;-1;;;;2*+1;/p-1. The molecule has 125 heavy (non-hydrogen) atoms. The molecule has 7 N–H and O–H groups in total. The van der Waals surface area contributed by atoms with Crippen molar-refractivity contribution in [3.63, 3.8) is 0 Å². The molecule has 3 saturated heterocycles. The number of nitrogens with two attached hydrogens (primary N) is 1. The van der Waals surface area contributed by atoms with E-state index in [0.29, 0.717) is 83.5 Å². The molecular formula is C89H124BCl6F3KN9NaO15. The van der Waals surface area contributed by atoms with Gasteiger partial charge in [-0.15, -0.1) is 35.6 Å². The minimum atomic E-state index is -1.09. The number of ether oxygens (including phenoxy) is 1. The Hall–Kier alpha value is -5.05. The second-order valence-corrected chi connectivity index (χ2v) is 33.9. The Morgan fingerprint density at radius 2 is 0.896 bits per heavy atom. The van der Waals surface area contributed by atoms with Crippen molar-refractivity contribution in [1.29, 1.82) is 10.5 Å². The average Bonchev–Trinajstić information content (AvgIpc) is 0.787. The number of halogens is 9. The van der Waals surface area contributed by atoms with E-state index in [1.165, 1.54) is 43.3 Å². The van der Waals surface area contributed by atoms with Crippen molar-refractivity contribution in [2.75, 3.05) is 120 Å². The first-order valence-electron chi connectivity index (χ1n) is 38.9. The van der Waals surface area contributed by atoms with Crippen LogP contribution in [0.5, 0.6) is 0 Å². The molecule has 0 aromatic heterocycles. The normalized spacial score (nSPS) is 18.1. The summed E-state index contributed by atoms with van der Waals surface area (Å²) in [6.07, 6.45) is 6.45. The maximum absolute atomic E-state index is 13.2. The SMILES string of the molecule is C.CC(=O)OOC(C)=O.CC(C)(C)O.CN(C)CC1CN(C(=O)OC(C)(C)C)CCC1(O)c1cccc(C#N)c1.CN(C)CC1CN(CCCc2ccc(F)cc2Cl)CCC1(O)c1cccc(C#N)c1.CN(C)CC1CN(CCCc2ccc(F)cc2Cl)CCC1(O)c1cccc(C(N)=O)c1.Cl.ClCCl.O=CCCc1ccc(F)cc1Cl.[B-]OC(C)=O.[K+].[Na+].[OH-]. The van der Waals surface area contributed by atoms with E-state index >= 15 is 0 Å². The molecule has 3 fully saturated rings. The summed E-state index contributed by atoms with van der Waals surface area (Å²) in [7, 11) is 16.2. The first-order valence-corrected chi connectivity index (χ1v) is 41.1. The molecule has 36 heteroatoms. The number of rotatable bonds is 21. The van der Waals surface area contributed by atoms with Gasteiger partial charge in [-0.1, -0.05) is 96.8 Å². The minimum absolute atomic E-state index is 0. The summed E-state index contributed by atoms with van der Waals surface area (Å²) in [4.78, 5) is 83.5. The van der Waals surface area contributed by atoms with E-state index < -0.39 is 51.8 Å². The van der Waals surface area contributed by atoms with Gasteiger partial charge in [0.25, 0.3) is 0 Å². The molecule has 0 aliphatic carbocycles. The van der Waals surface area contributed by atoms with Gasteiger partial charge in [-0.3, -0.25) is 9.59 Å². The number of carbonyl (C=O) groups excluding carboxylic acids is 6. The van der Waals surface area contributed by atoms with Gasteiger partial charge in [0.2, 0.25) is 11.9 Å². The number of hydrogen-bond donors (Lipinski definition) is 5. The molecule has 3 aliphatic rings. The number of benzene rings is 6. The predicted octanol–water partition coefficient (Wildman–Crippen LogP) is 9.26. The molecule has 6 atom stereocenters. The fourth-order valence-electron chi connectivity index (χ4n) is 13.3. The third-order valence-corrected chi connectivity index (χ3v) is 19.8. The Labute approximate surface area is 834 Å². The van der Waals surface area contributed by atoms with Crippen LogP contribution in [0.1, 0.15) is 163 Å². The topological polar surface area (TPSA) is 343 Å². The number of aldehydes is 1. The molecule has 0 bridgehead atoms. The van der Waals surface area contributed by atoms with Crippen molar-refractivity contribution in [2.24, 2.45) is 23.5 Å². The number of amides is 2. The molecule has 0 spiro atoms. The summed E-state index contributed by atoms with van der Waals surface area (Å²) in [5.74, 6) is -3.40. The molecular weight excluding hydrogens is 1780 g/mol. The van der Waals surface area contributed by atoms with Gasteiger partial charge in [0.1, 0.15) is 29.3 Å². The smallest absolute Gasteiger partial charge is 0.870 e. The van der Waals surface area contributed by atoms with E-state index in [1.807, 2.05) is 98.3 Å². The molecule has 0 saturated carbocycles. The van der Waals surface area contributed by atoms with Gasteiger partial charge in [-0.2, -0.15) is 10.5 Å². The molecule has 6 unspecified atom stereocenters. The fourth-order valence-corrected chi connectivity index (χ4v) is 14.1. The number of hydrogen-bond acceptors (Lipinski definition) is 22. The van der Waals surface area contributed by atoms with Crippen molar-refractivity contribution in [3.8, 4) is 12.1 Å². The maximum Gasteiger partial charge on any atom is 1.00 e. The number of aryl methyl sites for hydroxylation is 3. The average molecular weight is 1900 g/mol. The van der Waals surface area contributed by atoms with Gasteiger partial charge >= 0.3 is 99.0 Å². The Balaban J connectivity index is -0.000000732. The van der Waals surface area contributed by atoms with Crippen LogP contribution in [0, 0.1) is 57.9 Å². The number of carbonyl (C=O) groups is 6. The second kappa shape index (κ2) is 63.9. The minimum Gasteiger partial charge on any atom is -0.870 e. The molecule has 6 aromatic carbocycles. The zero-order chi connectivity index (χ0) is 90.9. The number of alkyl halides is 2. The number of aliphatic hydroxyl groups is 4. The molecule has 2 amide bonds. The summed E-state index contributed by atoms with van der Waals surface area (Å²) in [6.45, 7) is 22.0. The number of piperidine rings is 3. The van der Waals surface area contributed by atoms with E-state index in [1.54, 1.807) is 86.3 Å². The van der Waals surface area contributed by atoms with E-state index in [-0.39, 0.29) is 153 Å². The van der Waals surface area contributed by atoms with Crippen molar-refractivity contribution in [2.45, 2.75) is 156 Å². The molecule has 3 heterocycles. The van der Waals surface area contributed by atoms with Crippen LogP contribution in [0.15, 0.2) is 127 Å². The van der Waals surface area contributed by atoms with Gasteiger partial charge in [-0.25, -0.2) is 37.3 Å². The zero-order valence-corrected chi connectivity index (χ0v) is 84.0. The number of primary amides is 1. The number of likely N-dealkylation sites (tertiary alicyclic amines) is 3. The molecule has 683 valence electrons. The summed E-state index contributed by atoms with van der Waals surface area (Å²) < 4.78 is 48.1. The monoisotopic (exact) mass is 1900 g/mol. The number of nitriles is 2. The van der Waals surface area contributed by atoms with Gasteiger partial charge in [0.05, 0.1) is 51.0 Å². The van der Waals surface area contributed by atoms with Crippen molar-refractivity contribution < 1.29 is 168 Å². The van der Waals surface area contributed by atoms with E-state index in [2.05, 4.69) is 54.2 Å². The summed E-state index contributed by atoms with van der Waals surface area (Å²) in [5.41, 5.74) is 7.86. The third-order valence-electron chi connectivity index (χ3n) is 18.7. The quantitative estimate of drug-likeness (QED) is 0.0147. The molecule has 9 rings (SSSR count). The first kappa shape index (κ1) is 126. The number of nitrogens with zero attached hydrogens (tertiary/aromatic N) is 8. The second-order valence-electron chi connectivity index (χ2n) is 31.9. The Morgan fingerprint density at radius 1 is 0.576 bits per heavy atom. The van der Waals surface area contributed by atoms with Crippen LogP contribution in [0.3, 0.4) is 0 Å². The molecule has 3 aliphatic heterocycles. The van der Waals surface area contributed by atoms with E-state index in [0.717, 1.165) is 132 Å². The van der Waals surface area contributed by atoms with E-state index in [4.69, 9.17) is 78.8 Å². The first-order chi connectivity index (χ1) is 56.1. The summed E-state index contributed by atoms with van der Waals surface area (Å²) in [6, 6.07) is 39.1. The molecule has 6 aromatic rings. The Bertz CT molecular complexity index is 4290. The van der Waals surface area contributed by atoms with Gasteiger partial charge in [0.15, 0.2) is 0 Å². The van der Waals surface area contributed by atoms with Crippen LogP contribution in [0.2, 0.25) is 15.1 Å². The largest absolute Gasteiger partial charge is 1.00 e. The van der Waals surface area contributed by atoms with Crippen LogP contribution in [-0.4, -0.2) is 230 Å². The van der Waals surface area contributed by atoms with E-state index in [9.17, 15) is 62.5 Å². The van der Waals surface area contributed by atoms with Crippen LogP contribution in [0.4, 0.5) is 18.0 Å². The third kappa shape index (κ3) is 49.1. The van der Waals surface area contributed by atoms with Gasteiger partial charge < -0.3 is 83.3 Å². The molecule has 3 radical (unpaired) electrons. The zero-order valence-electron chi connectivity index (χ0n) is 74.3. The Kier molecular flexibility index (Phi) is 64.5. The molecule has 24 nitrogen and oxygen atoms in total. The van der Waals surface area contributed by atoms with Crippen LogP contribution in [-0.2, 0) is 74.4 Å². The summed E-state index contributed by atoms with van der Waals surface area (Å²) >= 11 is 27.5. The van der Waals surface area contributed by atoms with Crippen molar-refractivity contribution in [3.05, 3.63) is 210 Å². The van der Waals surface area contributed by atoms with Crippen molar-refractivity contribution >= 4 is 115 Å².